The van der Waals surface area contributed by atoms with Gasteiger partial charge in [0.2, 0.25) is 5.95 Å². The molecule has 4 rings (SSSR count). The Bertz CT molecular complexity index is 922. The molecule has 7 nitrogen and oxygen atoms in total. The van der Waals surface area contributed by atoms with Gasteiger partial charge in [0.05, 0.1) is 21.3 Å². The van der Waals surface area contributed by atoms with E-state index < -0.39 is 0 Å². The molecule has 0 aromatic carbocycles. The number of nitrogen functional groups attached to an aromatic ring is 1. The lowest BCUT2D eigenvalue weighted by atomic mass is 10.1. The van der Waals surface area contributed by atoms with Crippen molar-refractivity contribution in [2.24, 2.45) is 0 Å². The van der Waals surface area contributed by atoms with Gasteiger partial charge in [0.15, 0.2) is 5.69 Å². The van der Waals surface area contributed by atoms with Gasteiger partial charge in [-0.3, -0.25) is 9.78 Å². The molecule has 3 aromatic heterocycles. The van der Waals surface area contributed by atoms with Gasteiger partial charge < -0.3 is 16.0 Å². The highest BCUT2D eigenvalue weighted by atomic mass is 32.1. The molecule has 128 valence electrons. The fourth-order valence-electron chi connectivity index (χ4n) is 2.74. The molecule has 0 unspecified atom stereocenters. The molecular weight excluding hydrogens is 336 g/mol. The number of carbonyl (C=O) groups excluding carboxylic acids is 1. The maximum absolute atomic E-state index is 12.7. The first-order valence-corrected chi connectivity index (χ1v) is 8.96. The van der Waals surface area contributed by atoms with Crippen LogP contribution in [0, 0.1) is 0 Å². The van der Waals surface area contributed by atoms with Gasteiger partial charge in [-0.2, -0.15) is 0 Å². The summed E-state index contributed by atoms with van der Waals surface area (Å²) in [5, 5.41) is 3.89. The zero-order chi connectivity index (χ0) is 17.4. The van der Waals surface area contributed by atoms with Gasteiger partial charge in [0, 0.05) is 25.5 Å². The van der Waals surface area contributed by atoms with E-state index in [2.05, 4.69) is 20.3 Å². The van der Waals surface area contributed by atoms with E-state index in [0.717, 1.165) is 29.8 Å². The molecule has 0 bridgehead atoms. The quantitative estimate of drug-likeness (QED) is 0.748. The number of pyridine rings is 1. The summed E-state index contributed by atoms with van der Waals surface area (Å²) < 4.78 is 0.744. The van der Waals surface area contributed by atoms with Crippen LogP contribution in [0.3, 0.4) is 0 Å². The molecule has 1 amide bonds. The van der Waals surface area contributed by atoms with Gasteiger partial charge in [-0.25, -0.2) is 9.97 Å². The van der Waals surface area contributed by atoms with Crippen molar-refractivity contribution in [3.05, 3.63) is 41.9 Å². The number of amides is 1. The molecule has 3 aromatic rings. The summed E-state index contributed by atoms with van der Waals surface area (Å²) in [6.07, 6.45) is 4.57. The second kappa shape index (κ2) is 6.29. The van der Waals surface area contributed by atoms with Crippen molar-refractivity contribution in [2.75, 3.05) is 24.1 Å². The predicted molar refractivity (Wildman–Crippen MR) is 98.6 cm³/mol. The second-order valence-electron chi connectivity index (χ2n) is 6.06. The number of carbonyl (C=O) groups is 1. The molecule has 1 atom stereocenters. The molecule has 0 saturated carbocycles. The lowest BCUT2D eigenvalue weighted by Crippen LogP contribution is -2.42. The van der Waals surface area contributed by atoms with Crippen molar-refractivity contribution in [2.45, 2.75) is 19.4 Å². The molecule has 25 heavy (non-hydrogen) atoms. The molecule has 1 aliphatic rings. The topological polar surface area (TPSA) is 97.0 Å². The van der Waals surface area contributed by atoms with Crippen LogP contribution in [0.25, 0.3) is 10.2 Å². The third-order valence-electron chi connectivity index (χ3n) is 4.27. The molecule has 8 heteroatoms. The van der Waals surface area contributed by atoms with Gasteiger partial charge in [0.25, 0.3) is 5.91 Å². The van der Waals surface area contributed by atoms with E-state index in [1.54, 1.807) is 23.4 Å². The van der Waals surface area contributed by atoms with Gasteiger partial charge in [-0.05, 0) is 31.0 Å². The number of rotatable bonds is 4. The van der Waals surface area contributed by atoms with Crippen molar-refractivity contribution in [1.82, 2.24) is 19.9 Å². The Kier molecular flexibility index (Phi) is 3.96. The first-order chi connectivity index (χ1) is 12.1. The van der Waals surface area contributed by atoms with Crippen LogP contribution in [0.1, 0.15) is 35.4 Å². The molecule has 4 heterocycles. The molecule has 3 N–H and O–H groups in total. The van der Waals surface area contributed by atoms with E-state index in [9.17, 15) is 4.79 Å². The SMILES string of the molecule is C[C@H](Nc1nc(C(=O)N2CCC2)c2sc(N)cc2n1)c1cccnc1. The second-order valence-corrected chi connectivity index (χ2v) is 7.14. The Labute approximate surface area is 148 Å². The van der Waals surface area contributed by atoms with Crippen LogP contribution < -0.4 is 11.1 Å². The van der Waals surface area contributed by atoms with Crippen molar-refractivity contribution in [1.29, 1.82) is 0 Å². The zero-order valence-corrected chi connectivity index (χ0v) is 14.6. The number of aromatic nitrogens is 3. The predicted octanol–water partition coefficient (Wildman–Crippen LogP) is 2.69. The van der Waals surface area contributed by atoms with Crippen molar-refractivity contribution >= 4 is 38.4 Å². The van der Waals surface area contributed by atoms with Gasteiger partial charge >= 0.3 is 0 Å². The summed E-state index contributed by atoms with van der Waals surface area (Å²) in [5.74, 6) is 0.364. The minimum atomic E-state index is -0.0578. The number of anilines is 2. The fourth-order valence-corrected chi connectivity index (χ4v) is 3.58. The number of likely N-dealkylation sites (tertiary alicyclic amines) is 1. The van der Waals surface area contributed by atoms with Gasteiger partial charge in [0.1, 0.15) is 0 Å². The summed E-state index contributed by atoms with van der Waals surface area (Å²) in [7, 11) is 0. The highest BCUT2D eigenvalue weighted by molar-refractivity contribution is 7.22. The maximum atomic E-state index is 12.7. The van der Waals surface area contributed by atoms with Crippen LogP contribution in [0.5, 0.6) is 0 Å². The van der Waals surface area contributed by atoms with Crippen molar-refractivity contribution in [3.8, 4) is 0 Å². The first kappa shape index (κ1) is 15.8. The largest absolute Gasteiger partial charge is 0.391 e. The number of thiophene rings is 1. The minimum Gasteiger partial charge on any atom is -0.391 e. The summed E-state index contributed by atoms with van der Waals surface area (Å²) in [6, 6.07) is 5.62. The van der Waals surface area contributed by atoms with E-state index in [-0.39, 0.29) is 11.9 Å². The Morgan fingerprint density at radius 2 is 2.24 bits per heavy atom. The van der Waals surface area contributed by atoms with Crippen LogP contribution in [0.2, 0.25) is 0 Å². The normalized spacial score (nSPS) is 15.0. The molecule has 0 aliphatic carbocycles. The highest BCUT2D eigenvalue weighted by Gasteiger charge is 2.26. The van der Waals surface area contributed by atoms with Crippen LogP contribution in [-0.2, 0) is 0 Å². The van der Waals surface area contributed by atoms with Crippen molar-refractivity contribution in [3.63, 3.8) is 0 Å². The van der Waals surface area contributed by atoms with E-state index in [4.69, 9.17) is 5.73 Å². The summed E-state index contributed by atoms with van der Waals surface area (Å²) in [5.41, 5.74) is 8.06. The summed E-state index contributed by atoms with van der Waals surface area (Å²) in [4.78, 5) is 27.7. The lowest BCUT2D eigenvalue weighted by Gasteiger charge is -2.30. The van der Waals surface area contributed by atoms with Gasteiger partial charge in [-0.15, -0.1) is 11.3 Å². The van der Waals surface area contributed by atoms with Crippen LogP contribution >= 0.6 is 11.3 Å². The first-order valence-electron chi connectivity index (χ1n) is 8.14. The number of nitrogens with zero attached hydrogens (tertiary/aromatic N) is 4. The third kappa shape index (κ3) is 3.00. The van der Waals surface area contributed by atoms with E-state index in [1.165, 1.54) is 11.3 Å². The fraction of sp³-hybridized carbons (Fsp3) is 0.294. The van der Waals surface area contributed by atoms with Crippen LogP contribution in [0.15, 0.2) is 30.6 Å². The molecule has 1 fully saturated rings. The van der Waals surface area contributed by atoms with E-state index in [1.807, 2.05) is 19.1 Å². The number of hydrogen-bond acceptors (Lipinski definition) is 7. The highest BCUT2D eigenvalue weighted by Crippen LogP contribution is 2.31. The smallest absolute Gasteiger partial charge is 0.274 e. The molecule has 0 radical (unpaired) electrons. The van der Waals surface area contributed by atoms with Crippen LogP contribution in [-0.4, -0.2) is 38.8 Å². The van der Waals surface area contributed by atoms with Gasteiger partial charge in [-0.1, -0.05) is 6.07 Å². The number of hydrogen-bond donors (Lipinski definition) is 2. The summed E-state index contributed by atoms with van der Waals surface area (Å²) >= 11 is 1.35. The minimum absolute atomic E-state index is 0.0332. The maximum Gasteiger partial charge on any atom is 0.274 e. The van der Waals surface area contributed by atoms with E-state index in [0.29, 0.717) is 22.2 Å². The van der Waals surface area contributed by atoms with Crippen molar-refractivity contribution < 1.29 is 4.79 Å². The molecule has 0 spiro atoms. The Morgan fingerprint density at radius 1 is 1.40 bits per heavy atom. The Hall–Kier alpha value is -2.74. The Morgan fingerprint density at radius 3 is 2.92 bits per heavy atom. The third-order valence-corrected chi connectivity index (χ3v) is 5.23. The molecule has 1 saturated heterocycles. The van der Waals surface area contributed by atoms with E-state index >= 15 is 0 Å². The number of nitrogens with two attached hydrogens (primary N) is 1. The number of nitrogens with one attached hydrogen (secondary N) is 1. The van der Waals surface area contributed by atoms with Crippen LogP contribution in [0.4, 0.5) is 10.9 Å². The number of fused-ring (bicyclic) bond motifs is 1. The molecular formula is C17H18N6OS. The summed E-state index contributed by atoms with van der Waals surface area (Å²) in [6.45, 7) is 3.56. The monoisotopic (exact) mass is 354 g/mol. The Balaban J connectivity index is 1.70. The standard InChI is InChI=1S/C17H18N6OS/c1-10(11-4-2-5-19-9-11)20-17-21-12-8-13(18)25-15(12)14(22-17)16(24)23-6-3-7-23/h2,4-5,8-10H,3,6-7,18H2,1H3,(H,20,21,22)/t10-/m0/s1. The zero-order valence-electron chi connectivity index (χ0n) is 13.8. The average molecular weight is 354 g/mol. The molecule has 1 aliphatic heterocycles. The lowest BCUT2D eigenvalue weighted by molar-refractivity contribution is 0.0648. The average Bonchev–Trinajstić information content (AvgIpc) is 2.93.